The van der Waals surface area contributed by atoms with Gasteiger partial charge in [-0.25, -0.2) is 0 Å². The number of thioether (sulfide) groups is 1. The minimum absolute atomic E-state index is 0.313. The second kappa shape index (κ2) is 7.56. The van der Waals surface area contributed by atoms with Crippen LogP contribution in [-0.2, 0) is 15.3 Å². The van der Waals surface area contributed by atoms with Crippen LogP contribution in [-0.4, -0.2) is 24.4 Å². The Bertz CT molecular complexity index is 423. The Morgan fingerprint density at radius 2 is 1.89 bits per heavy atom. The number of aryl methyl sites for hydroxylation is 3. The molecule has 1 rings (SSSR count). The third-order valence-corrected chi connectivity index (χ3v) is 4.06. The summed E-state index contributed by atoms with van der Waals surface area (Å²) in [6.45, 7) is 8.53. The Kier molecular flexibility index (Phi) is 6.38. The number of hydrogen-bond donors (Lipinski definition) is 1. The molecular weight excluding hydrogens is 258 g/mol. The van der Waals surface area contributed by atoms with Gasteiger partial charge in [0.25, 0.3) is 0 Å². The van der Waals surface area contributed by atoms with E-state index in [1.165, 1.54) is 22.3 Å². The predicted molar refractivity (Wildman–Crippen MR) is 81.4 cm³/mol. The van der Waals surface area contributed by atoms with Crippen molar-refractivity contribution >= 4 is 17.7 Å². The Balaban J connectivity index is 2.52. The Morgan fingerprint density at radius 3 is 2.42 bits per heavy atom. The maximum Gasteiger partial charge on any atom is 0.323 e. The highest BCUT2D eigenvalue weighted by Crippen LogP contribution is 2.22. The van der Waals surface area contributed by atoms with Crippen LogP contribution in [0, 0.1) is 20.8 Å². The Hall–Kier alpha value is -1.00. The molecule has 0 bridgehead atoms. The lowest BCUT2D eigenvalue weighted by Gasteiger charge is -2.13. The topological polar surface area (TPSA) is 52.3 Å². The van der Waals surface area contributed by atoms with Gasteiger partial charge in [0.1, 0.15) is 6.04 Å². The molecule has 3 nitrogen and oxygen atoms in total. The second-order valence-corrected chi connectivity index (χ2v) is 5.78. The smallest absolute Gasteiger partial charge is 0.323 e. The molecular formula is C15H23NO2S. The number of nitrogens with two attached hydrogens (primary N) is 1. The van der Waals surface area contributed by atoms with Crippen molar-refractivity contribution in [1.82, 2.24) is 0 Å². The van der Waals surface area contributed by atoms with Gasteiger partial charge in [-0.2, -0.15) is 11.8 Å². The third kappa shape index (κ3) is 4.88. The van der Waals surface area contributed by atoms with E-state index >= 15 is 0 Å². The molecule has 4 heteroatoms. The first-order valence-electron chi connectivity index (χ1n) is 6.52. The summed E-state index contributed by atoms with van der Waals surface area (Å²) in [6, 6.07) is 3.85. The van der Waals surface area contributed by atoms with E-state index in [1.807, 2.05) is 0 Å². The first-order valence-corrected chi connectivity index (χ1v) is 7.67. The van der Waals surface area contributed by atoms with Crippen LogP contribution in [0.1, 0.15) is 29.2 Å². The van der Waals surface area contributed by atoms with Crippen LogP contribution in [0.3, 0.4) is 0 Å². The number of carbonyl (C=O) groups excluding carboxylic acids is 1. The zero-order chi connectivity index (χ0) is 14.4. The maximum atomic E-state index is 11.4. The van der Waals surface area contributed by atoms with E-state index in [4.69, 9.17) is 10.5 Å². The molecule has 19 heavy (non-hydrogen) atoms. The molecule has 0 saturated heterocycles. The van der Waals surface area contributed by atoms with E-state index in [9.17, 15) is 4.79 Å². The number of hydrogen-bond acceptors (Lipinski definition) is 4. The summed E-state index contributed by atoms with van der Waals surface area (Å²) < 4.78 is 4.89. The quantitative estimate of drug-likeness (QED) is 0.815. The summed E-state index contributed by atoms with van der Waals surface area (Å²) in [5.74, 6) is 1.16. The van der Waals surface area contributed by atoms with E-state index in [0.29, 0.717) is 12.4 Å². The van der Waals surface area contributed by atoms with Crippen molar-refractivity contribution in [2.24, 2.45) is 5.73 Å². The fourth-order valence-electron chi connectivity index (χ4n) is 2.04. The molecule has 1 aromatic rings. The Morgan fingerprint density at radius 1 is 1.32 bits per heavy atom. The van der Waals surface area contributed by atoms with Gasteiger partial charge < -0.3 is 10.5 Å². The highest BCUT2D eigenvalue weighted by molar-refractivity contribution is 7.98. The van der Waals surface area contributed by atoms with Gasteiger partial charge in [0.15, 0.2) is 0 Å². The molecule has 1 unspecified atom stereocenters. The zero-order valence-electron chi connectivity index (χ0n) is 12.2. The lowest BCUT2D eigenvalue weighted by atomic mass is 10.0. The van der Waals surface area contributed by atoms with E-state index in [-0.39, 0.29) is 5.97 Å². The summed E-state index contributed by atoms with van der Waals surface area (Å²) >= 11 is 1.68. The van der Waals surface area contributed by atoms with Crippen LogP contribution < -0.4 is 5.73 Å². The molecule has 0 fully saturated rings. The van der Waals surface area contributed by atoms with Crippen molar-refractivity contribution < 1.29 is 9.53 Å². The third-order valence-electron chi connectivity index (χ3n) is 2.97. The van der Waals surface area contributed by atoms with Crippen molar-refractivity contribution in [3.05, 3.63) is 34.4 Å². The fraction of sp³-hybridized carbons (Fsp3) is 0.533. The summed E-state index contributed by atoms with van der Waals surface area (Å²) in [5, 5.41) is 0. The fourth-order valence-corrected chi connectivity index (χ4v) is 3.21. The molecule has 1 aromatic carbocycles. The average Bonchev–Trinajstić information content (AvgIpc) is 2.32. The van der Waals surface area contributed by atoms with Crippen molar-refractivity contribution in [3.8, 4) is 0 Å². The molecule has 1 atom stereocenters. The van der Waals surface area contributed by atoms with Crippen LogP contribution in [0.5, 0.6) is 0 Å². The molecule has 0 aliphatic heterocycles. The van der Waals surface area contributed by atoms with Crippen molar-refractivity contribution in [2.45, 2.75) is 39.5 Å². The van der Waals surface area contributed by atoms with Crippen LogP contribution >= 0.6 is 11.8 Å². The normalized spacial score (nSPS) is 12.3. The number of esters is 1. The van der Waals surface area contributed by atoms with Gasteiger partial charge in [0, 0.05) is 11.5 Å². The zero-order valence-corrected chi connectivity index (χ0v) is 13.0. The number of benzene rings is 1. The summed E-state index contributed by atoms with van der Waals surface area (Å²) in [5.41, 5.74) is 11.0. The predicted octanol–water partition coefficient (Wildman–Crippen LogP) is 2.74. The highest BCUT2D eigenvalue weighted by atomic mass is 32.2. The minimum atomic E-state index is -0.531. The van der Waals surface area contributed by atoms with Gasteiger partial charge >= 0.3 is 5.97 Å². The molecule has 0 aromatic heterocycles. The monoisotopic (exact) mass is 281 g/mol. The largest absolute Gasteiger partial charge is 0.465 e. The van der Waals surface area contributed by atoms with Crippen LogP contribution in [0.25, 0.3) is 0 Å². The molecule has 106 valence electrons. The van der Waals surface area contributed by atoms with Crippen LogP contribution in [0.4, 0.5) is 0 Å². The van der Waals surface area contributed by atoms with Crippen molar-refractivity contribution in [3.63, 3.8) is 0 Å². The van der Waals surface area contributed by atoms with Crippen LogP contribution in [0.15, 0.2) is 12.1 Å². The molecule has 0 saturated carbocycles. The molecule has 0 heterocycles. The molecule has 0 aliphatic carbocycles. The molecule has 2 N–H and O–H groups in total. The van der Waals surface area contributed by atoms with Gasteiger partial charge in [-0.15, -0.1) is 0 Å². The van der Waals surface area contributed by atoms with Gasteiger partial charge in [-0.3, -0.25) is 4.79 Å². The van der Waals surface area contributed by atoms with E-state index in [1.54, 1.807) is 18.7 Å². The summed E-state index contributed by atoms with van der Waals surface area (Å²) in [7, 11) is 0. The molecule has 0 spiro atoms. The van der Waals surface area contributed by atoms with Crippen molar-refractivity contribution in [1.29, 1.82) is 0 Å². The first kappa shape index (κ1) is 16.1. The van der Waals surface area contributed by atoms with E-state index in [0.717, 1.165) is 5.75 Å². The summed E-state index contributed by atoms with van der Waals surface area (Å²) in [6.07, 6.45) is 0. The highest BCUT2D eigenvalue weighted by Gasteiger charge is 2.14. The Labute approximate surface area is 119 Å². The lowest BCUT2D eigenvalue weighted by molar-refractivity contribution is -0.144. The number of ether oxygens (including phenoxy) is 1. The standard InChI is InChI=1S/C15H23NO2S/c1-5-18-15(17)14(16)9-19-8-13-11(3)6-10(2)7-12(13)4/h6-7,14H,5,8-9,16H2,1-4H3. The first-order chi connectivity index (χ1) is 8.95. The van der Waals surface area contributed by atoms with Gasteiger partial charge in [0.05, 0.1) is 6.61 Å². The lowest BCUT2D eigenvalue weighted by Crippen LogP contribution is -2.34. The minimum Gasteiger partial charge on any atom is -0.465 e. The van der Waals surface area contributed by atoms with Gasteiger partial charge in [-0.1, -0.05) is 17.7 Å². The summed E-state index contributed by atoms with van der Waals surface area (Å²) in [4.78, 5) is 11.4. The molecule has 0 amide bonds. The van der Waals surface area contributed by atoms with E-state index < -0.39 is 6.04 Å². The average molecular weight is 281 g/mol. The van der Waals surface area contributed by atoms with Gasteiger partial charge in [-0.05, 0) is 44.4 Å². The number of rotatable bonds is 6. The van der Waals surface area contributed by atoms with Gasteiger partial charge in [0.2, 0.25) is 0 Å². The van der Waals surface area contributed by atoms with E-state index in [2.05, 4.69) is 32.9 Å². The second-order valence-electron chi connectivity index (χ2n) is 4.75. The molecule has 0 aliphatic rings. The SMILES string of the molecule is CCOC(=O)C(N)CSCc1c(C)cc(C)cc1C. The maximum absolute atomic E-state index is 11.4. The molecule has 0 radical (unpaired) electrons. The number of carbonyl (C=O) groups is 1. The van der Waals surface area contributed by atoms with Crippen LogP contribution in [0.2, 0.25) is 0 Å². The van der Waals surface area contributed by atoms with Crippen molar-refractivity contribution in [2.75, 3.05) is 12.4 Å².